The van der Waals surface area contributed by atoms with E-state index in [1.165, 1.54) is 13.2 Å². The summed E-state index contributed by atoms with van der Waals surface area (Å²) >= 11 is 0. The molecule has 0 unspecified atom stereocenters. The van der Waals surface area contributed by atoms with Crippen LogP contribution in [0.5, 0.6) is 5.75 Å². The first-order valence-electron chi connectivity index (χ1n) is 7.91. The smallest absolute Gasteiger partial charge is 0.240 e. The minimum absolute atomic E-state index is 0.0492. The van der Waals surface area contributed by atoms with Crippen molar-refractivity contribution in [1.29, 1.82) is 5.26 Å². The highest BCUT2D eigenvalue weighted by atomic mass is 19.1. The van der Waals surface area contributed by atoms with E-state index in [9.17, 15) is 9.18 Å². The fraction of sp³-hybridized carbons (Fsp3) is 0.529. The molecule has 2 saturated heterocycles. The van der Waals surface area contributed by atoms with Gasteiger partial charge in [0.15, 0.2) is 0 Å². The maximum Gasteiger partial charge on any atom is 0.240 e. The van der Waals surface area contributed by atoms with Gasteiger partial charge in [-0.05, 0) is 31.4 Å². The van der Waals surface area contributed by atoms with Crippen LogP contribution < -0.4 is 10.1 Å². The van der Waals surface area contributed by atoms with E-state index >= 15 is 0 Å². The minimum Gasteiger partial charge on any atom is -0.496 e. The summed E-state index contributed by atoms with van der Waals surface area (Å²) in [5.74, 6) is 0.0522. The van der Waals surface area contributed by atoms with Crippen LogP contribution in [0, 0.1) is 17.1 Å². The number of methoxy groups -OCH3 is 1. The van der Waals surface area contributed by atoms with Gasteiger partial charge in [0.1, 0.15) is 17.6 Å². The molecule has 0 bridgehead atoms. The molecule has 1 aromatic carbocycles. The lowest BCUT2D eigenvalue weighted by Gasteiger charge is -2.23. The van der Waals surface area contributed by atoms with Gasteiger partial charge in [0.2, 0.25) is 5.91 Å². The topological polar surface area (TPSA) is 65.4 Å². The number of likely N-dealkylation sites (tertiary alicyclic amines) is 1. The molecule has 0 aromatic heterocycles. The minimum atomic E-state index is -0.363. The molecule has 0 aliphatic carbocycles. The number of nitriles is 1. The zero-order chi connectivity index (χ0) is 16.4. The molecule has 0 radical (unpaired) electrons. The molecule has 3 atom stereocenters. The Bertz CT molecular complexity index is 643. The Morgan fingerprint density at radius 1 is 1.52 bits per heavy atom. The predicted octanol–water partition coefficient (Wildman–Crippen LogP) is 1.79. The molecule has 122 valence electrons. The van der Waals surface area contributed by atoms with Crippen LogP contribution in [-0.4, -0.2) is 43.1 Å². The molecule has 2 aliphatic rings. The number of hydrogen-bond acceptors (Lipinski definition) is 4. The summed E-state index contributed by atoms with van der Waals surface area (Å²) in [5.41, 5.74) is 0.524. The van der Waals surface area contributed by atoms with Crippen LogP contribution in [0.1, 0.15) is 30.7 Å². The number of nitrogens with one attached hydrogen (secondary N) is 1. The number of ether oxygens (including phenoxy) is 1. The fourth-order valence-electron chi connectivity index (χ4n) is 3.60. The second kappa shape index (κ2) is 6.55. The standard InChI is InChI=1S/C17H20FN3O2/c1-23-15-6-2-5-13(18)16(15)11-8-14(20-10-11)17(22)21-7-3-4-12(21)9-19/h2,5-6,11-12,14,20H,3-4,7-8,10H2,1H3/t11-,12-,14-/m0/s1. The van der Waals surface area contributed by atoms with Crippen LogP contribution in [0.3, 0.4) is 0 Å². The monoisotopic (exact) mass is 317 g/mol. The van der Waals surface area contributed by atoms with Gasteiger partial charge in [-0.2, -0.15) is 5.26 Å². The zero-order valence-corrected chi connectivity index (χ0v) is 13.1. The Labute approximate surface area is 135 Å². The Kier molecular flexibility index (Phi) is 4.49. The van der Waals surface area contributed by atoms with E-state index in [4.69, 9.17) is 10.00 Å². The van der Waals surface area contributed by atoms with E-state index in [1.807, 2.05) is 0 Å². The summed E-state index contributed by atoms with van der Waals surface area (Å²) in [7, 11) is 1.52. The Morgan fingerprint density at radius 3 is 3.09 bits per heavy atom. The molecule has 1 amide bonds. The Balaban J connectivity index is 1.74. The highest BCUT2D eigenvalue weighted by Gasteiger charge is 2.38. The summed E-state index contributed by atoms with van der Waals surface area (Å²) in [5, 5.41) is 12.3. The van der Waals surface area contributed by atoms with Gasteiger partial charge in [0, 0.05) is 24.6 Å². The van der Waals surface area contributed by atoms with E-state index < -0.39 is 0 Å². The summed E-state index contributed by atoms with van der Waals surface area (Å²) in [6.07, 6.45) is 2.12. The molecule has 2 aliphatic heterocycles. The van der Waals surface area contributed by atoms with Crippen molar-refractivity contribution in [3.63, 3.8) is 0 Å². The summed E-state index contributed by atoms with van der Waals surface area (Å²) in [4.78, 5) is 14.3. The Hall–Kier alpha value is -2.13. The van der Waals surface area contributed by atoms with Crippen molar-refractivity contribution in [1.82, 2.24) is 10.2 Å². The van der Waals surface area contributed by atoms with E-state index in [-0.39, 0.29) is 29.7 Å². The Morgan fingerprint density at radius 2 is 2.35 bits per heavy atom. The average molecular weight is 317 g/mol. The van der Waals surface area contributed by atoms with Gasteiger partial charge in [0.25, 0.3) is 0 Å². The first-order valence-corrected chi connectivity index (χ1v) is 7.91. The van der Waals surface area contributed by atoms with E-state index in [0.717, 1.165) is 12.8 Å². The molecule has 0 spiro atoms. The van der Waals surface area contributed by atoms with Crippen molar-refractivity contribution in [2.75, 3.05) is 20.2 Å². The van der Waals surface area contributed by atoms with Gasteiger partial charge in [-0.3, -0.25) is 4.79 Å². The van der Waals surface area contributed by atoms with Crippen LogP contribution in [-0.2, 0) is 4.79 Å². The van der Waals surface area contributed by atoms with Crippen molar-refractivity contribution < 1.29 is 13.9 Å². The van der Waals surface area contributed by atoms with E-state index in [1.54, 1.807) is 17.0 Å². The predicted molar refractivity (Wildman–Crippen MR) is 82.4 cm³/mol. The molecule has 0 saturated carbocycles. The summed E-state index contributed by atoms with van der Waals surface area (Å²) < 4.78 is 19.5. The number of carbonyl (C=O) groups is 1. The lowest BCUT2D eigenvalue weighted by Crippen LogP contribution is -2.45. The summed E-state index contributed by atoms with van der Waals surface area (Å²) in [6, 6.07) is 6.26. The normalized spacial score (nSPS) is 27.0. The molecular formula is C17H20FN3O2. The molecule has 3 rings (SSSR count). The molecular weight excluding hydrogens is 297 g/mol. The number of amides is 1. The number of nitrogens with zero attached hydrogens (tertiary/aromatic N) is 2. The van der Waals surface area contributed by atoms with Gasteiger partial charge >= 0.3 is 0 Å². The molecule has 23 heavy (non-hydrogen) atoms. The fourth-order valence-corrected chi connectivity index (χ4v) is 3.60. The molecule has 1 N–H and O–H groups in total. The lowest BCUT2D eigenvalue weighted by atomic mass is 9.94. The maximum atomic E-state index is 14.2. The quantitative estimate of drug-likeness (QED) is 0.923. The van der Waals surface area contributed by atoms with Crippen LogP contribution in [0.4, 0.5) is 4.39 Å². The SMILES string of the molecule is COc1cccc(F)c1[C@@H]1CN[C@H](C(=O)N2CCC[C@H]2C#N)C1. The van der Waals surface area contributed by atoms with Gasteiger partial charge in [0.05, 0.1) is 19.2 Å². The zero-order valence-electron chi connectivity index (χ0n) is 13.1. The molecule has 6 heteroatoms. The third-order valence-corrected chi connectivity index (χ3v) is 4.75. The largest absolute Gasteiger partial charge is 0.496 e. The third-order valence-electron chi connectivity index (χ3n) is 4.75. The van der Waals surface area contributed by atoms with Crippen LogP contribution >= 0.6 is 0 Å². The first kappa shape index (κ1) is 15.8. The number of halogens is 1. The van der Waals surface area contributed by atoms with Crippen molar-refractivity contribution in [2.24, 2.45) is 0 Å². The van der Waals surface area contributed by atoms with Crippen molar-refractivity contribution in [3.8, 4) is 11.8 Å². The van der Waals surface area contributed by atoms with Crippen LogP contribution in [0.15, 0.2) is 18.2 Å². The van der Waals surface area contributed by atoms with Crippen LogP contribution in [0.25, 0.3) is 0 Å². The van der Waals surface area contributed by atoms with Gasteiger partial charge in [-0.15, -0.1) is 0 Å². The van der Waals surface area contributed by atoms with Crippen molar-refractivity contribution in [2.45, 2.75) is 37.3 Å². The first-order chi connectivity index (χ1) is 11.2. The number of hydrogen-bond donors (Lipinski definition) is 1. The van der Waals surface area contributed by atoms with Crippen LogP contribution in [0.2, 0.25) is 0 Å². The van der Waals surface area contributed by atoms with Crippen molar-refractivity contribution in [3.05, 3.63) is 29.6 Å². The average Bonchev–Trinajstić information content (AvgIpc) is 3.22. The molecule has 5 nitrogen and oxygen atoms in total. The molecule has 2 heterocycles. The number of benzene rings is 1. The molecule has 2 fully saturated rings. The number of carbonyl (C=O) groups excluding carboxylic acids is 1. The second-order valence-electron chi connectivity index (χ2n) is 6.07. The highest BCUT2D eigenvalue weighted by Crippen LogP contribution is 2.35. The van der Waals surface area contributed by atoms with E-state index in [2.05, 4.69) is 11.4 Å². The maximum absolute atomic E-state index is 14.2. The molecule has 1 aromatic rings. The second-order valence-corrected chi connectivity index (χ2v) is 6.07. The highest BCUT2D eigenvalue weighted by molar-refractivity contribution is 5.83. The van der Waals surface area contributed by atoms with Crippen molar-refractivity contribution >= 4 is 5.91 Å². The summed E-state index contributed by atoms with van der Waals surface area (Å²) in [6.45, 7) is 1.15. The lowest BCUT2D eigenvalue weighted by molar-refractivity contribution is -0.133. The van der Waals surface area contributed by atoms with Gasteiger partial charge in [-0.1, -0.05) is 6.07 Å². The van der Waals surface area contributed by atoms with E-state index in [0.29, 0.717) is 30.8 Å². The van der Waals surface area contributed by atoms with Gasteiger partial charge < -0.3 is 15.0 Å². The number of rotatable bonds is 3. The van der Waals surface area contributed by atoms with Gasteiger partial charge in [-0.25, -0.2) is 4.39 Å². The third kappa shape index (κ3) is 2.89.